The second-order valence-electron chi connectivity index (χ2n) is 8.32. The third-order valence-electron chi connectivity index (χ3n) is 5.38. The lowest BCUT2D eigenvalue weighted by atomic mass is 10.0. The van der Waals surface area contributed by atoms with Gasteiger partial charge in [0.05, 0.1) is 6.61 Å². The SMILES string of the molecule is CCCCCCCCC=CCCCCCCCC(=O)OC[C@@H](O)[C@@H](O)[C@H](O)[C@@H](O)CO. The van der Waals surface area contributed by atoms with E-state index in [1.165, 1.54) is 44.9 Å². The van der Waals surface area contributed by atoms with Gasteiger partial charge in [0.25, 0.3) is 0 Å². The van der Waals surface area contributed by atoms with Gasteiger partial charge in [0.1, 0.15) is 31.0 Å². The second-order valence-corrected chi connectivity index (χ2v) is 8.32. The van der Waals surface area contributed by atoms with Crippen LogP contribution >= 0.6 is 0 Å². The first-order valence-corrected chi connectivity index (χ1v) is 12.1. The molecule has 0 saturated heterocycles. The van der Waals surface area contributed by atoms with Gasteiger partial charge in [0.2, 0.25) is 0 Å². The van der Waals surface area contributed by atoms with Gasteiger partial charge >= 0.3 is 5.97 Å². The molecular weight excluding hydrogens is 400 g/mol. The fourth-order valence-corrected chi connectivity index (χ4v) is 3.25. The summed E-state index contributed by atoms with van der Waals surface area (Å²) in [5.41, 5.74) is 0. The van der Waals surface area contributed by atoms with Crippen LogP contribution in [0.1, 0.15) is 96.8 Å². The number of unbranched alkanes of at least 4 members (excludes halogenated alkanes) is 11. The summed E-state index contributed by atoms with van der Waals surface area (Å²) in [5.74, 6) is -0.471. The lowest BCUT2D eigenvalue weighted by molar-refractivity contribution is -0.156. The summed E-state index contributed by atoms with van der Waals surface area (Å²) in [7, 11) is 0. The molecule has 0 aromatic heterocycles. The maximum atomic E-state index is 11.7. The highest BCUT2D eigenvalue weighted by atomic mass is 16.5. The number of carbonyl (C=O) groups excluding carboxylic acids is 1. The third-order valence-corrected chi connectivity index (χ3v) is 5.38. The number of allylic oxidation sites excluding steroid dienone is 2. The Hall–Kier alpha value is -0.990. The molecule has 0 aromatic carbocycles. The van der Waals surface area contributed by atoms with Crippen LogP contribution in [0.4, 0.5) is 0 Å². The zero-order valence-corrected chi connectivity index (χ0v) is 19.3. The highest BCUT2D eigenvalue weighted by Crippen LogP contribution is 2.11. The first-order chi connectivity index (χ1) is 14.9. The van der Waals surface area contributed by atoms with Crippen molar-refractivity contribution in [3.63, 3.8) is 0 Å². The van der Waals surface area contributed by atoms with Gasteiger partial charge in [-0.15, -0.1) is 0 Å². The summed E-state index contributed by atoms with van der Waals surface area (Å²) in [6, 6.07) is 0. The number of hydrogen-bond acceptors (Lipinski definition) is 7. The topological polar surface area (TPSA) is 127 Å². The van der Waals surface area contributed by atoms with Gasteiger partial charge in [-0.1, -0.05) is 70.4 Å². The van der Waals surface area contributed by atoms with Crippen LogP contribution in [-0.2, 0) is 9.53 Å². The van der Waals surface area contributed by atoms with E-state index in [0.29, 0.717) is 6.42 Å². The zero-order valence-electron chi connectivity index (χ0n) is 19.3. The number of aliphatic hydroxyl groups excluding tert-OH is 5. The van der Waals surface area contributed by atoms with Gasteiger partial charge < -0.3 is 30.3 Å². The number of esters is 1. The first kappa shape index (κ1) is 30.0. The third kappa shape index (κ3) is 17.3. The Labute approximate surface area is 188 Å². The van der Waals surface area contributed by atoms with Gasteiger partial charge in [-0.2, -0.15) is 0 Å². The van der Waals surface area contributed by atoms with Crippen molar-refractivity contribution in [2.45, 2.75) is 121 Å². The van der Waals surface area contributed by atoms with E-state index in [9.17, 15) is 25.2 Å². The molecule has 7 nitrogen and oxygen atoms in total. The first-order valence-electron chi connectivity index (χ1n) is 12.1. The van der Waals surface area contributed by atoms with Crippen molar-refractivity contribution in [3.8, 4) is 0 Å². The molecule has 0 spiro atoms. The summed E-state index contributed by atoms with van der Waals surface area (Å²) in [6.07, 6.45) is 13.5. The number of aliphatic hydroxyl groups is 5. The Bertz CT molecular complexity index is 442. The molecule has 184 valence electrons. The largest absolute Gasteiger partial charge is 0.463 e. The minimum Gasteiger partial charge on any atom is -0.463 e. The Morgan fingerprint density at radius 1 is 0.742 bits per heavy atom. The van der Waals surface area contributed by atoms with Gasteiger partial charge in [-0.3, -0.25) is 4.79 Å². The van der Waals surface area contributed by atoms with Crippen LogP contribution in [-0.4, -0.2) is 69.1 Å². The monoisotopic (exact) mass is 446 g/mol. The van der Waals surface area contributed by atoms with Crippen LogP contribution in [0, 0.1) is 0 Å². The predicted octanol–water partition coefficient (Wildman–Crippen LogP) is 3.00. The molecule has 0 radical (unpaired) electrons. The summed E-state index contributed by atoms with van der Waals surface area (Å²) < 4.78 is 4.89. The van der Waals surface area contributed by atoms with E-state index < -0.39 is 43.6 Å². The Balaban J connectivity index is 3.55. The maximum absolute atomic E-state index is 11.7. The Morgan fingerprint density at radius 3 is 1.77 bits per heavy atom. The van der Waals surface area contributed by atoms with E-state index in [-0.39, 0.29) is 6.42 Å². The van der Waals surface area contributed by atoms with E-state index >= 15 is 0 Å². The van der Waals surface area contributed by atoms with Crippen molar-refractivity contribution in [3.05, 3.63) is 12.2 Å². The van der Waals surface area contributed by atoms with Crippen molar-refractivity contribution in [2.24, 2.45) is 0 Å². The molecule has 31 heavy (non-hydrogen) atoms. The molecule has 0 bridgehead atoms. The van der Waals surface area contributed by atoms with Crippen LogP contribution < -0.4 is 0 Å². The standard InChI is InChI=1S/C24H46O7/c1-2-3-4-5-6-7-8-9-10-11-12-13-14-15-16-17-22(28)31-19-21(27)24(30)23(29)20(26)18-25/h9-10,20-21,23-27,29-30H,2-8,11-19H2,1H3/t20-,21+,23+,24+/m0/s1. The minimum absolute atomic E-state index is 0.239. The number of ether oxygens (including phenoxy) is 1. The van der Waals surface area contributed by atoms with Crippen molar-refractivity contribution in [1.82, 2.24) is 0 Å². The van der Waals surface area contributed by atoms with Crippen LogP contribution in [0.5, 0.6) is 0 Å². The smallest absolute Gasteiger partial charge is 0.305 e. The van der Waals surface area contributed by atoms with Crippen molar-refractivity contribution in [1.29, 1.82) is 0 Å². The molecule has 0 fully saturated rings. The van der Waals surface area contributed by atoms with Crippen LogP contribution in [0.15, 0.2) is 12.2 Å². The normalized spacial score (nSPS) is 15.7. The molecule has 7 heteroatoms. The van der Waals surface area contributed by atoms with E-state index in [1.807, 2.05) is 0 Å². The maximum Gasteiger partial charge on any atom is 0.305 e. The molecule has 0 aliphatic rings. The van der Waals surface area contributed by atoms with E-state index in [4.69, 9.17) is 9.84 Å². The van der Waals surface area contributed by atoms with E-state index in [0.717, 1.165) is 32.1 Å². The van der Waals surface area contributed by atoms with Crippen molar-refractivity contribution in [2.75, 3.05) is 13.2 Å². The molecule has 0 heterocycles. The Morgan fingerprint density at radius 2 is 1.23 bits per heavy atom. The summed E-state index contributed by atoms with van der Waals surface area (Å²) >= 11 is 0. The molecule has 4 atom stereocenters. The van der Waals surface area contributed by atoms with Crippen LogP contribution in [0.2, 0.25) is 0 Å². The average molecular weight is 447 g/mol. The lowest BCUT2D eigenvalue weighted by Crippen LogP contribution is -2.47. The van der Waals surface area contributed by atoms with Gasteiger partial charge in [-0.05, 0) is 32.1 Å². The van der Waals surface area contributed by atoms with Crippen molar-refractivity contribution < 1.29 is 35.1 Å². The van der Waals surface area contributed by atoms with E-state index in [1.54, 1.807) is 0 Å². The molecule has 0 amide bonds. The molecule has 0 rings (SSSR count). The van der Waals surface area contributed by atoms with Crippen LogP contribution in [0.3, 0.4) is 0 Å². The predicted molar refractivity (Wildman–Crippen MR) is 122 cm³/mol. The van der Waals surface area contributed by atoms with Gasteiger partial charge in [0.15, 0.2) is 0 Å². The zero-order chi connectivity index (χ0) is 23.3. The van der Waals surface area contributed by atoms with Crippen molar-refractivity contribution >= 4 is 5.97 Å². The van der Waals surface area contributed by atoms with Crippen LogP contribution in [0.25, 0.3) is 0 Å². The molecular formula is C24H46O7. The minimum atomic E-state index is -1.72. The fourth-order valence-electron chi connectivity index (χ4n) is 3.25. The van der Waals surface area contributed by atoms with E-state index in [2.05, 4.69) is 19.1 Å². The molecule has 0 aliphatic carbocycles. The van der Waals surface area contributed by atoms with Gasteiger partial charge in [0, 0.05) is 6.42 Å². The molecule has 0 aliphatic heterocycles. The highest BCUT2D eigenvalue weighted by Gasteiger charge is 2.30. The molecule has 5 N–H and O–H groups in total. The lowest BCUT2D eigenvalue weighted by Gasteiger charge is -2.25. The Kier molecular flexibility index (Phi) is 20.2. The number of carbonyl (C=O) groups is 1. The molecule has 0 aromatic rings. The quantitative estimate of drug-likeness (QED) is 0.104. The number of rotatable bonds is 21. The van der Waals surface area contributed by atoms with Gasteiger partial charge in [-0.25, -0.2) is 0 Å². The summed E-state index contributed by atoms with van der Waals surface area (Å²) in [4.78, 5) is 11.7. The molecule has 0 saturated carbocycles. The molecule has 0 unspecified atom stereocenters. The second kappa shape index (κ2) is 20.9. The summed E-state index contributed by atoms with van der Waals surface area (Å²) in [5, 5.41) is 46.8. The summed E-state index contributed by atoms with van der Waals surface area (Å²) in [6.45, 7) is 1.02. The number of hydrogen-bond donors (Lipinski definition) is 5. The fraction of sp³-hybridized carbons (Fsp3) is 0.875. The average Bonchev–Trinajstić information content (AvgIpc) is 2.78. The highest BCUT2D eigenvalue weighted by molar-refractivity contribution is 5.69.